The van der Waals surface area contributed by atoms with E-state index in [2.05, 4.69) is 20.9 Å². The Morgan fingerprint density at radius 3 is 1.64 bits per heavy atom. The average molecular weight is 559 g/mol. The van der Waals surface area contributed by atoms with E-state index in [-0.39, 0.29) is 44.6 Å². The van der Waals surface area contributed by atoms with Crippen LogP contribution < -0.4 is 50.4 Å². The van der Waals surface area contributed by atoms with E-state index in [9.17, 15) is 29.1 Å². The third kappa shape index (κ3) is 16.9. The van der Waals surface area contributed by atoms with Crippen molar-refractivity contribution < 1.29 is 29.1 Å². The summed E-state index contributed by atoms with van der Waals surface area (Å²) in [5.41, 5.74) is 32.7. The molecular formula is C23H46N10O6. The molecule has 0 bridgehead atoms. The van der Waals surface area contributed by atoms with Gasteiger partial charge in [-0.15, -0.1) is 0 Å². The van der Waals surface area contributed by atoms with Crippen LogP contribution >= 0.6 is 0 Å². The minimum Gasteiger partial charge on any atom is -0.480 e. The number of carbonyl (C=O) groups is 5. The molecule has 0 aliphatic carbocycles. The van der Waals surface area contributed by atoms with E-state index in [1.807, 2.05) is 0 Å². The molecule has 0 aromatic heterocycles. The predicted octanol–water partition coefficient (Wildman–Crippen LogP) is -3.57. The van der Waals surface area contributed by atoms with Crippen molar-refractivity contribution in [3.05, 3.63) is 0 Å². The van der Waals surface area contributed by atoms with Gasteiger partial charge in [-0.05, 0) is 70.9 Å². The van der Waals surface area contributed by atoms with Crippen LogP contribution in [0.3, 0.4) is 0 Å². The van der Waals surface area contributed by atoms with E-state index in [0.717, 1.165) is 0 Å². The van der Waals surface area contributed by atoms with Crippen molar-refractivity contribution in [2.45, 2.75) is 88.4 Å². The van der Waals surface area contributed by atoms with Gasteiger partial charge in [-0.25, -0.2) is 4.79 Å². The molecule has 16 heteroatoms. The minimum atomic E-state index is -1.22. The monoisotopic (exact) mass is 558 g/mol. The van der Waals surface area contributed by atoms with Gasteiger partial charge in [-0.1, -0.05) is 0 Å². The first kappa shape index (κ1) is 35.5. The summed E-state index contributed by atoms with van der Waals surface area (Å²) in [6.07, 6.45) is 2.73. The summed E-state index contributed by atoms with van der Waals surface area (Å²) < 4.78 is 0. The number of hydrogen-bond acceptors (Lipinski definition) is 9. The lowest BCUT2D eigenvalue weighted by molar-refractivity contribution is -0.142. The molecule has 0 fully saturated rings. The highest BCUT2D eigenvalue weighted by atomic mass is 16.4. The average Bonchev–Trinajstić information content (AvgIpc) is 2.87. The number of carbonyl (C=O) groups excluding carboxylic acids is 4. The minimum absolute atomic E-state index is 0.0912. The first-order valence-electron chi connectivity index (χ1n) is 13.1. The zero-order valence-electron chi connectivity index (χ0n) is 22.4. The number of primary amides is 1. The van der Waals surface area contributed by atoms with Crippen LogP contribution in [0.1, 0.15) is 64.2 Å². The molecular weight excluding hydrogens is 512 g/mol. The zero-order valence-corrected chi connectivity index (χ0v) is 22.4. The molecule has 16 N–H and O–H groups in total. The number of nitrogens with two attached hydrogens (primary N) is 6. The molecule has 4 amide bonds. The number of aliphatic carboxylic acids is 1. The highest BCUT2D eigenvalue weighted by Crippen LogP contribution is 2.07. The van der Waals surface area contributed by atoms with E-state index < -0.39 is 53.8 Å². The van der Waals surface area contributed by atoms with E-state index in [4.69, 9.17) is 34.4 Å². The number of unbranched alkanes of at least 4 members (excludes halogenated alkanes) is 2. The summed E-state index contributed by atoms with van der Waals surface area (Å²) in [7, 11) is 0. The summed E-state index contributed by atoms with van der Waals surface area (Å²) in [5.74, 6) is -4.10. The molecule has 4 atom stereocenters. The van der Waals surface area contributed by atoms with Gasteiger partial charge in [0.2, 0.25) is 23.6 Å². The van der Waals surface area contributed by atoms with E-state index >= 15 is 0 Å². The standard InChI is InChI=1S/C23H46N10O6/c24-11-3-1-7-15(20(36)33-17(22(38)39)8-2-4-12-25)32-21(37)16(9-10-18(27)34)31-19(35)14(26)6-5-13-30-23(28)29/h14-17H,1-13,24-26H2,(H2,27,34)(H,31,35)(H,32,37)(H,33,36)(H,38,39)(H4,28,29,30). The molecule has 0 radical (unpaired) electrons. The SMILES string of the molecule is NCCCCC(NC(=O)C(CCCCN)NC(=O)C(CCC(N)=O)NC(=O)C(N)CCCN=C(N)N)C(=O)O. The fourth-order valence-corrected chi connectivity index (χ4v) is 3.54. The summed E-state index contributed by atoms with van der Waals surface area (Å²) in [6, 6.07) is -4.49. The van der Waals surface area contributed by atoms with Crippen molar-refractivity contribution in [2.24, 2.45) is 39.4 Å². The van der Waals surface area contributed by atoms with Gasteiger partial charge in [0.15, 0.2) is 5.96 Å². The Hall–Kier alpha value is -3.50. The first-order valence-corrected chi connectivity index (χ1v) is 13.1. The number of carboxylic acids is 1. The Labute approximate surface area is 228 Å². The molecule has 0 aliphatic rings. The topological polar surface area (TPSA) is 310 Å². The molecule has 0 aromatic carbocycles. The van der Waals surface area contributed by atoms with Crippen LogP contribution in [0.15, 0.2) is 4.99 Å². The Balaban J connectivity index is 5.49. The maximum atomic E-state index is 13.1. The number of hydrogen-bond donors (Lipinski definition) is 10. The number of guanidine groups is 1. The summed E-state index contributed by atoms with van der Waals surface area (Å²) in [5, 5.41) is 17.0. The highest BCUT2D eigenvalue weighted by molar-refractivity contribution is 5.94. The number of carboxylic acid groups (broad SMARTS) is 1. The molecule has 0 aliphatic heterocycles. The smallest absolute Gasteiger partial charge is 0.326 e. The Bertz CT molecular complexity index is 821. The Kier molecular flexibility index (Phi) is 18.6. The van der Waals surface area contributed by atoms with Crippen molar-refractivity contribution in [1.82, 2.24) is 16.0 Å². The van der Waals surface area contributed by atoms with Crippen molar-refractivity contribution in [1.29, 1.82) is 0 Å². The Morgan fingerprint density at radius 1 is 0.667 bits per heavy atom. The number of aliphatic imine (C=N–C) groups is 1. The molecule has 0 saturated carbocycles. The van der Waals surface area contributed by atoms with Gasteiger partial charge in [-0.3, -0.25) is 24.2 Å². The molecule has 0 spiro atoms. The fourth-order valence-electron chi connectivity index (χ4n) is 3.54. The van der Waals surface area contributed by atoms with Crippen LogP contribution in [0.4, 0.5) is 0 Å². The molecule has 16 nitrogen and oxygen atoms in total. The molecule has 224 valence electrons. The molecule has 39 heavy (non-hydrogen) atoms. The van der Waals surface area contributed by atoms with E-state index in [1.165, 1.54) is 0 Å². The first-order chi connectivity index (χ1) is 18.4. The van der Waals surface area contributed by atoms with E-state index in [0.29, 0.717) is 45.2 Å². The van der Waals surface area contributed by atoms with Gasteiger partial charge >= 0.3 is 5.97 Å². The van der Waals surface area contributed by atoms with Crippen molar-refractivity contribution in [3.8, 4) is 0 Å². The lowest BCUT2D eigenvalue weighted by atomic mass is 10.0. The van der Waals surface area contributed by atoms with Crippen LogP contribution in [-0.4, -0.2) is 84.5 Å². The quantitative estimate of drug-likeness (QED) is 0.0352. The lowest BCUT2D eigenvalue weighted by Gasteiger charge is -2.25. The predicted molar refractivity (Wildman–Crippen MR) is 146 cm³/mol. The molecule has 0 saturated heterocycles. The molecule has 0 aromatic rings. The van der Waals surface area contributed by atoms with Gasteiger partial charge in [-0.2, -0.15) is 0 Å². The van der Waals surface area contributed by atoms with Gasteiger partial charge in [0.25, 0.3) is 0 Å². The lowest BCUT2D eigenvalue weighted by Crippen LogP contribution is -2.57. The maximum Gasteiger partial charge on any atom is 0.326 e. The fraction of sp³-hybridized carbons (Fsp3) is 0.739. The maximum absolute atomic E-state index is 13.1. The highest BCUT2D eigenvalue weighted by Gasteiger charge is 2.30. The third-order valence-electron chi connectivity index (χ3n) is 5.76. The second kappa shape index (κ2) is 20.5. The van der Waals surface area contributed by atoms with Crippen molar-refractivity contribution >= 4 is 35.6 Å². The van der Waals surface area contributed by atoms with Crippen LogP contribution in [0.5, 0.6) is 0 Å². The van der Waals surface area contributed by atoms with Gasteiger partial charge in [0, 0.05) is 13.0 Å². The number of nitrogens with one attached hydrogen (secondary N) is 3. The van der Waals surface area contributed by atoms with Gasteiger partial charge in [0.1, 0.15) is 18.1 Å². The van der Waals surface area contributed by atoms with Crippen LogP contribution in [0, 0.1) is 0 Å². The summed E-state index contributed by atoms with van der Waals surface area (Å²) >= 11 is 0. The second-order valence-electron chi connectivity index (χ2n) is 9.15. The van der Waals surface area contributed by atoms with Gasteiger partial charge in [0.05, 0.1) is 6.04 Å². The van der Waals surface area contributed by atoms with Gasteiger partial charge < -0.3 is 55.5 Å². The van der Waals surface area contributed by atoms with E-state index in [1.54, 1.807) is 0 Å². The van der Waals surface area contributed by atoms with Crippen molar-refractivity contribution in [2.75, 3.05) is 19.6 Å². The van der Waals surface area contributed by atoms with Crippen LogP contribution in [-0.2, 0) is 24.0 Å². The zero-order chi connectivity index (χ0) is 29.8. The van der Waals surface area contributed by atoms with Crippen LogP contribution in [0.25, 0.3) is 0 Å². The van der Waals surface area contributed by atoms with Crippen LogP contribution in [0.2, 0.25) is 0 Å². The normalized spacial score (nSPS) is 13.8. The summed E-state index contributed by atoms with van der Waals surface area (Å²) in [4.78, 5) is 65.5. The molecule has 0 heterocycles. The molecule has 4 unspecified atom stereocenters. The third-order valence-corrected chi connectivity index (χ3v) is 5.76. The largest absolute Gasteiger partial charge is 0.480 e. The number of rotatable bonds is 22. The van der Waals surface area contributed by atoms with Crippen molar-refractivity contribution in [3.63, 3.8) is 0 Å². The number of nitrogens with zero attached hydrogens (tertiary/aromatic N) is 1. The Morgan fingerprint density at radius 2 is 1.15 bits per heavy atom. The molecule has 0 rings (SSSR count). The summed E-state index contributed by atoms with van der Waals surface area (Å²) in [6.45, 7) is 1.01. The second-order valence-corrected chi connectivity index (χ2v) is 9.15. The number of amides is 4.